The molecule has 20 heavy (non-hydrogen) atoms. The van der Waals surface area contributed by atoms with Gasteiger partial charge in [-0.05, 0) is 42.8 Å². The maximum Gasteiger partial charge on any atom is 0.142 e. The van der Waals surface area contributed by atoms with Crippen molar-refractivity contribution in [3.05, 3.63) is 47.0 Å². The van der Waals surface area contributed by atoms with Crippen molar-refractivity contribution in [1.82, 2.24) is 0 Å². The summed E-state index contributed by atoms with van der Waals surface area (Å²) >= 11 is 5.98. The molecule has 5 heteroatoms. The minimum Gasteiger partial charge on any atom is -0.508 e. The molecule has 0 bridgehead atoms. The van der Waals surface area contributed by atoms with Crippen molar-refractivity contribution < 1.29 is 14.9 Å². The lowest BCUT2D eigenvalue weighted by Crippen LogP contribution is -2.07. The minimum atomic E-state index is -0.139. The molecule has 0 amide bonds. The number of hydrogen-bond donors (Lipinski definition) is 3. The lowest BCUT2D eigenvalue weighted by Gasteiger charge is -2.18. The lowest BCUT2D eigenvalue weighted by atomic mass is 10.1. The summed E-state index contributed by atoms with van der Waals surface area (Å²) < 4.78 is 5.26. The van der Waals surface area contributed by atoms with Gasteiger partial charge in [-0.25, -0.2) is 0 Å². The smallest absolute Gasteiger partial charge is 0.142 e. The fraction of sp³-hybridized carbons (Fsp3) is 0.200. The van der Waals surface area contributed by atoms with E-state index in [1.54, 1.807) is 37.4 Å². The predicted octanol–water partition coefficient (Wildman–Crippen LogP) is 3.93. The van der Waals surface area contributed by atoms with Crippen molar-refractivity contribution in [3.8, 4) is 17.2 Å². The maximum absolute atomic E-state index is 9.52. The second kappa shape index (κ2) is 5.92. The van der Waals surface area contributed by atoms with Gasteiger partial charge < -0.3 is 20.3 Å². The van der Waals surface area contributed by atoms with Gasteiger partial charge in [0.1, 0.15) is 17.2 Å². The van der Waals surface area contributed by atoms with E-state index in [0.717, 1.165) is 11.3 Å². The highest BCUT2D eigenvalue weighted by molar-refractivity contribution is 6.30. The summed E-state index contributed by atoms with van der Waals surface area (Å²) in [5.41, 5.74) is 1.50. The van der Waals surface area contributed by atoms with Crippen molar-refractivity contribution in [1.29, 1.82) is 0 Å². The van der Waals surface area contributed by atoms with Crippen LogP contribution in [-0.4, -0.2) is 17.3 Å². The molecule has 0 saturated heterocycles. The zero-order valence-electron chi connectivity index (χ0n) is 11.2. The summed E-state index contributed by atoms with van der Waals surface area (Å²) in [6, 6.07) is 9.62. The molecule has 0 heterocycles. The van der Waals surface area contributed by atoms with Crippen LogP contribution in [0.25, 0.3) is 0 Å². The summed E-state index contributed by atoms with van der Waals surface area (Å²) in [7, 11) is 1.58. The molecule has 4 nitrogen and oxygen atoms in total. The fourth-order valence-electron chi connectivity index (χ4n) is 1.98. The molecular formula is C15H16ClNO3. The molecule has 2 rings (SSSR count). The van der Waals surface area contributed by atoms with Crippen LogP contribution < -0.4 is 10.1 Å². The second-order valence-corrected chi connectivity index (χ2v) is 4.93. The van der Waals surface area contributed by atoms with Gasteiger partial charge in [-0.15, -0.1) is 0 Å². The van der Waals surface area contributed by atoms with E-state index in [4.69, 9.17) is 16.3 Å². The van der Waals surface area contributed by atoms with Crippen LogP contribution in [0.2, 0.25) is 5.02 Å². The van der Waals surface area contributed by atoms with Crippen molar-refractivity contribution in [2.45, 2.75) is 13.0 Å². The van der Waals surface area contributed by atoms with Gasteiger partial charge in [0.25, 0.3) is 0 Å². The van der Waals surface area contributed by atoms with Crippen LogP contribution in [0.15, 0.2) is 36.4 Å². The highest BCUT2D eigenvalue weighted by Crippen LogP contribution is 2.32. The molecule has 0 saturated carbocycles. The van der Waals surface area contributed by atoms with Gasteiger partial charge in [-0.1, -0.05) is 11.6 Å². The Morgan fingerprint density at radius 2 is 1.75 bits per heavy atom. The van der Waals surface area contributed by atoms with Crippen LogP contribution in [0.1, 0.15) is 18.5 Å². The minimum absolute atomic E-state index is 0.0201. The normalized spacial score (nSPS) is 11.9. The lowest BCUT2D eigenvalue weighted by molar-refractivity contribution is 0.416. The van der Waals surface area contributed by atoms with Crippen LogP contribution >= 0.6 is 11.6 Å². The largest absolute Gasteiger partial charge is 0.508 e. The van der Waals surface area contributed by atoms with Crippen LogP contribution in [0.4, 0.5) is 5.69 Å². The molecule has 3 N–H and O–H groups in total. The Labute approximate surface area is 122 Å². The second-order valence-electron chi connectivity index (χ2n) is 4.49. The summed E-state index contributed by atoms with van der Waals surface area (Å²) in [5.74, 6) is 0.712. The first-order chi connectivity index (χ1) is 9.49. The Balaban J connectivity index is 2.27. The highest BCUT2D eigenvalue weighted by atomic mass is 35.5. The summed E-state index contributed by atoms with van der Waals surface area (Å²) in [6.45, 7) is 1.91. The molecule has 0 aromatic heterocycles. The van der Waals surface area contributed by atoms with E-state index >= 15 is 0 Å². The number of ether oxygens (including phenoxy) is 1. The first kappa shape index (κ1) is 14.3. The predicted molar refractivity (Wildman–Crippen MR) is 79.8 cm³/mol. The molecular weight excluding hydrogens is 278 g/mol. The average Bonchev–Trinajstić information content (AvgIpc) is 2.37. The molecule has 0 radical (unpaired) electrons. The molecule has 2 aromatic carbocycles. The number of rotatable bonds is 4. The average molecular weight is 294 g/mol. The van der Waals surface area contributed by atoms with Crippen LogP contribution in [0.5, 0.6) is 17.2 Å². The Hall–Kier alpha value is -2.07. The SMILES string of the molecule is COc1ccc(Cl)cc1NC(C)c1cc(O)cc(O)c1. The van der Waals surface area contributed by atoms with Gasteiger partial charge in [-0.3, -0.25) is 0 Å². The van der Waals surface area contributed by atoms with E-state index in [2.05, 4.69) is 5.32 Å². The number of benzene rings is 2. The van der Waals surface area contributed by atoms with Gasteiger partial charge >= 0.3 is 0 Å². The van der Waals surface area contributed by atoms with Gasteiger partial charge in [0.15, 0.2) is 0 Å². The Kier molecular flexibility index (Phi) is 4.25. The van der Waals surface area contributed by atoms with E-state index in [1.807, 2.05) is 6.92 Å². The molecule has 0 fully saturated rings. The van der Waals surface area contributed by atoms with Gasteiger partial charge in [0.2, 0.25) is 0 Å². The van der Waals surface area contributed by atoms with E-state index in [9.17, 15) is 10.2 Å². The zero-order chi connectivity index (χ0) is 14.7. The van der Waals surface area contributed by atoms with E-state index in [-0.39, 0.29) is 17.5 Å². The molecule has 1 unspecified atom stereocenters. The van der Waals surface area contributed by atoms with Crippen LogP contribution in [0, 0.1) is 0 Å². The number of nitrogens with one attached hydrogen (secondary N) is 1. The number of anilines is 1. The fourth-order valence-corrected chi connectivity index (χ4v) is 2.15. The number of phenols is 2. The van der Waals surface area contributed by atoms with E-state index < -0.39 is 0 Å². The molecule has 106 valence electrons. The standard InChI is InChI=1S/C15H16ClNO3/c1-9(10-5-12(18)8-13(19)6-10)17-14-7-11(16)3-4-15(14)20-2/h3-9,17-19H,1-2H3. The third-order valence-electron chi connectivity index (χ3n) is 2.96. The zero-order valence-corrected chi connectivity index (χ0v) is 12.0. The molecule has 0 spiro atoms. The van der Waals surface area contributed by atoms with Gasteiger partial charge in [0, 0.05) is 17.1 Å². The number of phenolic OH excluding ortho intramolecular Hbond substituents is 2. The first-order valence-corrected chi connectivity index (χ1v) is 6.50. The third kappa shape index (κ3) is 3.27. The van der Waals surface area contributed by atoms with Crippen LogP contribution in [-0.2, 0) is 0 Å². The summed E-state index contributed by atoms with van der Waals surface area (Å²) in [4.78, 5) is 0. The number of methoxy groups -OCH3 is 1. The number of hydrogen-bond acceptors (Lipinski definition) is 4. The quantitative estimate of drug-likeness (QED) is 0.799. The van der Waals surface area contributed by atoms with Gasteiger partial charge in [-0.2, -0.15) is 0 Å². The molecule has 0 aliphatic heterocycles. The number of aromatic hydroxyl groups is 2. The Morgan fingerprint density at radius 1 is 1.10 bits per heavy atom. The van der Waals surface area contributed by atoms with Crippen molar-refractivity contribution in [2.24, 2.45) is 0 Å². The highest BCUT2D eigenvalue weighted by Gasteiger charge is 2.11. The maximum atomic E-state index is 9.52. The Morgan fingerprint density at radius 3 is 2.35 bits per heavy atom. The monoisotopic (exact) mass is 293 g/mol. The van der Waals surface area contributed by atoms with E-state index in [0.29, 0.717) is 10.8 Å². The number of halogens is 1. The summed E-state index contributed by atoms with van der Waals surface area (Å²) in [6.07, 6.45) is 0. The summed E-state index contributed by atoms with van der Waals surface area (Å²) in [5, 5.41) is 22.9. The molecule has 0 aliphatic carbocycles. The van der Waals surface area contributed by atoms with Crippen molar-refractivity contribution in [2.75, 3.05) is 12.4 Å². The van der Waals surface area contributed by atoms with Crippen LogP contribution in [0.3, 0.4) is 0 Å². The van der Waals surface area contributed by atoms with E-state index in [1.165, 1.54) is 6.07 Å². The molecule has 0 aliphatic rings. The van der Waals surface area contributed by atoms with Crippen molar-refractivity contribution >= 4 is 17.3 Å². The van der Waals surface area contributed by atoms with Crippen molar-refractivity contribution in [3.63, 3.8) is 0 Å². The topological polar surface area (TPSA) is 61.7 Å². The molecule has 1 atom stereocenters. The Bertz CT molecular complexity index is 596. The van der Waals surface area contributed by atoms with Gasteiger partial charge in [0.05, 0.1) is 12.8 Å². The third-order valence-corrected chi connectivity index (χ3v) is 3.19. The first-order valence-electron chi connectivity index (χ1n) is 6.12. The molecule has 2 aromatic rings.